The molecule has 1 spiro atoms. The van der Waals surface area contributed by atoms with Crippen molar-refractivity contribution in [1.82, 2.24) is 30.3 Å². The Morgan fingerprint density at radius 3 is 2.79 bits per heavy atom. The highest BCUT2D eigenvalue weighted by molar-refractivity contribution is 6.00. The molecule has 2 saturated carbocycles. The maximum absolute atomic E-state index is 12.7. The number of rotatable bonds is 7. The van der Waals surface area contributed by atoms with Crippen LogP contribution in [0.25, 0.3) is 11.4 Å². The van der Waals surface area contributed by atoms with Gasteiger partial charge in [-0.2, -0.15) is 5.10 Å². The molecule has 170 valence electrons. The van der Waals surface area contributed by atoms with E-state index in [1.54, 1.807) is 36.3 Å². The number of hydrogen-bond acceptors (Lipinski definition) is 8. The number of methoxy groups -OCH3 is 1. The Balaban J connectivity index is 1.48. The van der Waals surface area contributed by atoms with Crippen LogP contribution in [0.15, 0.2) is 30.6 Å². The third-order valence-corrected chi connectivity index (χ3v) is 6.10. The fourth-order valence-corrected chi connectivity index (χ4v) is 4.06. The van der Waals surface area contributed by atoms with Gasteiger partial charge in [-0.3, -0.25) is 14.3 Å². The molecule has 2 fully saturated rings. The molecule has 3 aromatic rings. The normalized spacial score (nSPS) is 19.1. The molecule has 3 N–H and O–H groups in total. The molecule has 2 aliphatic rings. The molecule has 0 saturated heterocycles. The Bertz CT molecular complexity index is 1350. The van der Waals surface area contributed by atoms with Crippen molar-refractivity contribution in [1.29, 1.82) is 0 Å². The smallest absolute Gasteiger partial charge is 0.273 e. The molecule has 5 rings (SSSR count). The number of amides is 2. The minimum absolute atomic E-state index is 0.0445. The number of aromatic nitrogens is 5. The molecule has 33 heavy (non-hydrogen) atoms. The molecular weight excluding hydrogens is 424 g/mol. The van der Waals surface area contributed by atoms with Crippen molar-refractivity contribution in [2.45, 2.75) is 19.3 Å². The van der Waals surface area contributed by atoms with E-state index in [0.717, 1.165) is 19.3 Å². The summed E-state index contributed by atoms with van der Waals surface area (Å²) in [7, 11) is 3.22. The van der Waals surface area contributed by atoms with Crippen LogP contribution >= 0.6 is 0 Å². The number of anilines is 3. The molecule has 2 amide bonds. The van der Waals surface area contributed by atoms with Gasteiger partial charge < -0.3 is 20.7 Å². The minimum Gasteiger partial charge on any atom is -0.494 e. The third kappa shape index (κ3) is 3.86. The van der Waals surface area contributed by atoms with Gasteiger partial charge in [0.15, 0.2) is 23.1 Å². The van der Waals surface area contributed by atoms with Gasteiger partial charge in [0.05, 0.1) is 24.0 Å². The lowest BCUT2D eigenvalue weighted by Crippen LogP contribution is -2.22. The molecule has 1 aromatic carbocycles. The molecule has 0 radical (unpaired) electrons. The average molecular weight is 452 g/mol. The highest BCUT2D eigenvalue weighted by Gasteiger charge is 2.65. The Hall–Kier alpha value is -4.02. The molecule has 0 unspecified atom stereocenters. The van der Waals surface area contributed by atoms with Crippen LogP contribution in [0.3, 0.4) is 0 Å². The van der Waals surface area contributed by atoms with E-state index in [0.29, 0.717) is 22.8 Å². The van der Waals surface area contributed by atoms with Gasteiger partial charge in [-0.05, 0) is 36.8 Å². The van der Waals surface area contributed by atoms with Gasteiger partial charge in [-0.1, -0.05) is 6.07 Å². The first-order valence-electron chi connectivity index (χ1n) is 11.9. The Morgan fingerprint density at radius 2 is 2.12 bits per heavy atom. The van der Waals surface area contributed by atoms with Gasteiger partial charge in [-0.15, -0.1) is 10.2 Å². The first-order chi connectivity index (χ1) is 17.1. The number of nitrogens with zero attached hydrogens (tertiary/aromatic N) is 5. The number of nitrogens with one attached hydrogen (secondary N) is 3. The van der Waals surface area contributed by atoms with Gasteiger partial charge in [-0.25, -0.2) is 4.98 Å². The van der Waals surface area contributed by atoms with E-state index in [9.17, 15) is 9.59 Å². The molecule has 0 bridgehead atoms. The monoisotopic (exact) mass is 451 g/mol. The summed E-state index contributed by atoms with van der Waals surface area (Å²) in [6, 6.07) is 6.67. The van der Waals surface area contributed by atoms with Crippen LogP contribution in [0.4, 0.5) is 17.2 Å². The van der Waals surface area contributed by atoms with Crippen molar-refractivity contribution < 1.29 is 18.4 Å². The van der Waals surface area contributed by atoms with Crippen LogP contribution in [-0.2, 0) is 11.8 Å². The predicted molar refractivity (Wildman–Crippen MR) is 120 cm³/mol. The van der Waals surface area contributed by atoms with Crippen molar-refractivity contribution in [3.05, 3.63) is 36.3 Å². The van der Waals surface area contributed by atoms with E-state index in [1.165, 1.54) is 13.2 Å². The number of para-hydroxylation sites is 1. The standard InChI is InChI=1S/C22H24N8O3/c1-23-21(32)17-15(9-16(27-28-17)26-20(31)13-10-22(13)7-8-22)25-14-6-4-5-12(18(14)33-3)19-24-11-30(2)29-19/h4-6,9,11,13H,7-8,10H2,1-3H3,(H,23,32)(H2,25,26,27,31)/t13-/m1/s1/i1D3. The maximum atomic E-state index is 12.7. The van der Waals surface area contributed by atoms with E-state index < -0.39 is 12.9 Å². The number of benzene rings is 1. The van der Waals surface area contributed by atoms with E-state index >= 15 is 0 Å². The summed E-state index contributed by atoms with van der Waals surface area (Å²) in [4.78, 5) is 29.6. The Labute approximate surface area is 194 Å². The zero-order valence-corrected chi connectivity index (χ0v) is 18.0. The minimum atomic E-state index is -2.73. The van der Waals surface area contributed by atoms with E-state index in [1.807, 2.05) is 5.32 Å². The van der Waals surface area contributed by atoms with Crippen LogP contribution in [0.1, 0.15) is 33.9 Å². The molecule has 2 heterocycles. The van der Waals surface area contributed by atoms with Crippen molar-refractivity contribution in [3.8, 4) is 17.1 Å². The van der Waals surface area contributed by atoms with Crippen LogP contribution in [0.2, 0.25) is 0 Å². The van der Waals surface area contributed by atoms with Crippen LogP contribution < -0.4 is 20.7 Å². The van der Waals surface area contributed by atoms with E-state index in [4.69, 9.17) is 8.85 Å². The number of carbonyl (C=O) groups is 2. The van der Waals surface area contributed by atoms with Gasteiger partial charge in [0.25, 0.3) is 5.91 Å². The number of hydrogen-bond donors (Lipinski definition) is 3. The second kappa shape index (κ2) is 7.84. The first kappa shape index (κ1) is 17.5. The van der Waals surface area contributed by atoms with Crippen LogP contribution in [0.5, 0.6) is 5.75 Å². The molecule has 2 aliphatic carbocycles. The summed E-state index contributed by atoms with van der Waals surface area (Å²) in [6.07, 6.45) is 4.53. The third-order valence-electron chi connectivity index (χ3n) is 6.10. The zero-order valence-electron chi connectivity index (χ0n) is 21.0. The lowest BCUT2D eigenvalue weighted by Gasteiger charge is -2.16. The molecule has 0 aliphatic heterocycles. The molecular formula is C22H24N8O3. The quantitative estimate of drug-likeness (QED) is 0.497. The average Bonchev–Trinajstić information content (AvgIpc) is 3.71. The SMILES string of the molecule is [2H]C([2H])([2H])NC(=O)c1nnc(NC(=O)[C@H]2CC23CC3)cc1Nc1cccc(-c2ncn(C)n2)c1OC. The van der Waals surface area contributed by atoms with E-state index in [2.05, 4.69) is 30.9 Å². The van der Waals surface area contributed by atoms with E-state index in [-0.39, 0.29) is 34.4 Å². The van der Waals surface area contributed by atoms with Gasteiger partial charge in [0.2, 0.25) is 5.91 Å². The number of aryl methyl sites for hydroxylation is 1. The fourth-order valence-electron chi connectivity index (χ4n) is 4.06. The highest BCUT2D eigenvalue weighted by Crippen LogP contribution is 2.70. The largest absolute Gasteiger partial charge is 0.494 e. The summed E-state index contributed by atoms with van der Waals surface area (Å²) in [6.45, 7) is -2.73. The van der Waals surface area contributed by atoms with Crippen molar-refractivity contribution in [3.63, 3.8) is 0 Å². The summed E-state index contributed by atoms with van der Waals surface area (Å²) in [5.41, 5.74) is 1.05. The number of carbonyl (C=O) groups excluding carboxylic acids is 2. The number of ether oxygens (including phenoxy) is 1. The van der Waals surface area contributed by atoms with Gasteiger partial charge in [0.1, 0.15) is 6.33 Å². The highest BCUT2D eigenvalue weighted by atomic mass is 16.5. The molecule has 11 heteroatoms. The van der Waals surface area contributed by atoms with Crippen molar-refractivity contribution in [2.24, 2.45) is 18.4 Å². The zero-order chi connectivity index (χ0) is 25.7. The lowest BCUT2D eigenvalue weighted by molar-refractivity contribution is -0.117. The van der Waals surface area contributed by atoms with Gasteiger partial charge in [0, 0.05) is 30.1 Å². The maximum Gasteiger partial charge on any atom is 0.273 e. The second-order valence-electron chi connectivity index (χ2n) is 8.31. The lowest BCUT2D eigenvalue weighted by atomic mass is 10.1. The van der Waals surface area contributed by atoms with Crippen molar-refractivity contribution >= 4 is 29.0 Å². The topological polar surface area (TPSA) is 136 Å². The summed E-state index contributed by atoms with van der Waals surface area (Å²) < 4.78 is 29.3. The van der Waals surface area contributed by atoms with Gasteiger partial charge >= 0.3 is 0 Å². The van der Waals surface area contributed by atoms with Crippen molar-refractivity contribution in [2.75, 3.05) is 24.7 Å². The molecule has 2 aromatic heterocycles. The first-order valence-corrected chi connectivity index (χ1v) is 10.4. The summed E-state index contributed by atoms with van der Waals surface area (Å²) in [5.74, 6) is -0.189. The Morgan fingerprint density at radius 1 is 1.27 bits per heavy atom. The van der Waals surface area contributed by atoms with Crippen LogP contribution in [-0.4, -0.2) is 50.9 Å². The van der Waals surface area contributed by atoms with Crippen LogP contribution in [0, 0.1) is 11.3 Å². The Kier molecular flexibility index (Phi) is 4.16. The predicted octanol–water partition coefficient (Wildman–Crippen LogP) is 2.12. The second-order valence-corrected chi connectivity index (χ2v) is 8.31. The molecule has 1 atom stereocenters. The summed E-state index contributed by atoms with van der Waals surface area (Å²) in [5, 5.41) is 19.9. The molecule has 11 nitrogen and oxygen atoms in total. The fraction of sp³-hybridized carbons (Fsp3) is 0.364. The summed E-state index contributed by atoms with van der Waals surface area (Å²) >= 11 is 0.